The fourth-order valence-electron chi connectivity index (χ4n) is 3.76. The lowest BCUT2D eigenvalue weighted by Gasteiger charge is -2.10. The van der Waals surface area contributed by atoms with Crippen LogP contribution in [0.15, 0.2) is 67.0 Å². The van der Waals surface area contributed by atoms with E-state index < -0.39 is 0 Å². The minimum atomic E-state index is -0.315. The van der Waals surface area contributed by atoms with Crippen molar-refractivity contribution in [2.45, 2.75) is 20.4 Å². The molecule has 1 aromatic carbocycles. The zero-order valence-corrected chi connectivity index (χ0v) is 18.4. The summed E-state index contributed by atoms with van der Waals surface area (Å²) < 4.78 is 7.82. The number of aryl methyl sites for hydroxylation is 2. The van der Waals surface area contributed by atoms with Crippen LogP contribution in [0.25, 0.3) is 17.1 Å². The van der Waals surface area contributed by atoms with Crippen LogP contribution in [0.3, 0.4) is 0 Å². The maximum atomic E-state index is 12.5. The summed E-state index contributed by atoms with van der Waals surface area (Å²) in [7, 11) is 0. The van der Waals surface area contributed by atoms with E-state index in [4.69, 9.17) is 9.72 Å². The fourth-order valence-corrected chi connectivity index (χ4v) is 3.76. The van der Waals surface area contributed by atoms with Crippen molar-refractivity contribution >= 4 is 28.7 Å². The maximum Gasteiger partial charge on any atom is 0.248 e. The van der Waals surface area contributed by atoms with Crippen molar-refractivity contribution in [1.29, 1.82) is 5.26 Å². The third-order valence-electron chi connectivity index (χ3n) is 5.14. The molecule has 0 aliphatic rings. The number of aromatic nitrogens is 3. The molecular weight excluding hydrogens is 414 g/mol. The summed E-state index contributed by atoms with van der Waals surface area (Å²) >= 11 is 0. The van der Waals surface area contributed by atoms with E-state index in [2.05, 4.69) is 16.4 Å². The molecule has 3 heterocycles. The van der Waals surface area contributed by atoms with Crippen LogP contribution in [0, 0.1) is 25.2 Å². The van der Waals surface area contributed by atoms with Crippen LogP contribution in [0.1, 0.15) is 22.5 Å². The number of anilines is 1. The largest absolute Gasteiger partial charge is 0.492 e. The number of hydrogen-bond donors (Lipinski definition) is 1. The number of nitrogens with one attached hydrogen (secondary N) is 1. The molecule has 0 aliphatic heterocycles. The van der Waals surface area contributed by atoms with E-state index in [0.29, 0.717) is 35.7 Å². The van der Waals surface area contributed by atoms with Crippen molar-refractivity contribution < 1.29 is 9.53 Å². The number of hydrogen-bond acceptors (Lipinski definition) is 5. The summed E-state index contributed by atoms with van der Waals surface area (Å²) in [6.45, 7) is 4.74. The molecule has 0 unspecified atom stereocenters. The van der Waals surface area contributed by atoms with E-state index in [0.717, 1.165) is 22.4 Å². The molecule has 0 spiro atoms. The van der Waals surface area contributed by atoms with E-state index in [1.807, 2.05) is 54.8 Å². The molecule has 0 fully saturated rings. The number of pyridine rings is 2. The molecule has 0 bridgehead atoms. The van der Waals surface area contributed by atoms with Gasteiger partial charge < -0.3 is 14.6 Å². The van der Waals surface area contributed by atoms with Gasteiger partial charge in [0.1, 0.15) is 24.1 Å². The molecule has 7 heteroatoms. The molecular formula is C26H23N5O2. The highest BCUT2D eigenvalue weighted by Gasteiger charge is 2.19. The van der Waals surface area contributed by atoms with Gasteiger partial charge in [0.2, 0.25) is 5.91 Å². The van der Waals surface area contributed by atoms with Crippen LogP contribution in [0.4, 0.5) is 5.69 Å². The molecule has 0 saturated heterocycles. The number of ether oxygens (including phenoxy) is 1. The average molecular weight is 438 g/mol. The Bertz CT molecular complexity index is 1350. The van der Waals surface area contributed by atoms with Gasteiger partial charge in [0.15, 0.2) is 0 Å². The molecule has 3 aromatic heterocycles. The molecule has 7 nitrogen and oxygen atoms in total. The second kappa shape index (κ2) is 9.79. The molecule has 4 aromatic rings. The van der Waals surface area contributed by atoms with Gasteiger partial charge in [-0.1, -0.05) is 18.2 Å². The molecule has 1 amide bonds. The van der Waals surface area contributed by atoms with Crippen LogP contribution in [0.5, 0.6) is 5.75 Å². The van der Waals surface area contributed by atoms with Gasteiger partial charge in [0.25, 0.3) is 0 Å². The molecule has 4 rings (SSSR count). The minimum Gasteiger partial charge on any atom is -0.492 e. The van der Waals surface area contributed by atoms with Gasteiger partial charge in [-0.2, -0.15) is 5.26 Å². The van der Waals surface area contributed by atoms with E-state index in [9.17, 15) is 10.1 Å². The third kappa shape index (κ3) is 4.91. The van der Waals surface area contributed by atoms with E-state index in [1.54, 1.807) is 30.6 Å². The van der Waals surface area contributed by atoms with Gasteiger partial charge in [-0.15, -0.1) is 0 Å². The first kappa shape index (κ1) is 21.8. The Labute approximate surface area is 192 Å². The lowest BCUT2D eigenvalue weighted by atomic mass is 10.1. The van der Waals surface area contributed by atoms with Gasteiger partial charge in [-0.05, 0) is 55.8 Å². The smallest absolute Gasteiger partial charge is 0.248 e. The Kier molecular flexibility index (Phi) is 6.46. The minimum absolute atomic E-state index is 0.315. The zero-order chi connectivity index (χ0) is 23.2. The standard InChI is InChI=1S/C26H23N5O2/c1-18-15-19(2)29-26-25(18)22(16-27)23(10-11-24(32)30-20-7-6-12-28-17-20)31(26)13-14-33-21-8-4-3-5-9-21/h3-12,15,17H,13-14H2,1-2H3,(H,30,32). The van der Waals surface area contributed by atoms with Crippen LogP contribution in [-0.2, 0) is 11.3 Å². The Morgan fingerprint density at radius 2 is 2.03 bits per heavy atom. The summed E-state index contributed by atoms with van der Waals surface area (Å²) in [4.78, 5) is 21.2. The topological polar surface area (TPSA) is 92.8 Å². The summed E-state index contributed by atoms with van der Waals surface area (Å²) in [5, 5.41) is 13.5. The van der Waals surface area contributed by atoms with Gasteiger partial charge in [-0.25, -0.2) is 4.98 Å². The first-order valence-corrected chi connectivity index (χ1v) is 10.5. The highest BCUT2D eigenvalue weighted by Crippen LogP contribution is 2.29. The van der Waals surface area contributed by atoms with Crippen molar-refractivity contribution in [1.82, 2.24) is 14.5 Å². The lowest BCUT2D eigenvalue weighted by molar-refractivity contribution is -0.111. The van der Waals surface area contributed by atoms with Gasteiger partial charge in [-0.3, -0.25) is 9.78 Å². The molecule has 0 saturated carbocycles. The number of carbonyl (C=O) groups excluding carboxylic acids is 1. The normalized spacial score (nSPS) is 10.9. The molecule has 1 N–H and O–H groups in total. The van der Waals surface area contributed by atoms with Crippen LogP contribution < -0.4 is 10.1 Å². The lowest BCUT2D eigenvalue weighted by Crippen LogP contribution is -2.11. The monoisotopic (exact) mass is 437 g/mol. The molecule has 0 aliphatic carbocycles. The van der Waals surface area contributed by atoms with Crippen LogP contribution in [-0.4, -0.2) is 27.0 Å². The quantitative estimate of drug-likeness (QED) is 0.425. The summed E-state index contributed by atoms with van der Waals surface area (Å²) in [6, 6.07) is 17.3. The predicted octanol–water partition coefficient (Wildman–Crippen LogP) is 4.65. The van der Waals surface area contributed by atoms with Crippen LogP contribution >= 0.6 is 0 Å². The number of carbonyl (C=O) groups is 1. The number of para-hydroxylation sites is 1. The van der Waals surface area contributed by atoms with E-state index in [-0.39, 0.29) is 5.91 Å². The third-order valence-corrected chi connectivity index (χ3v) is 5.14. The molecule has 33 heavy (non-hydrogen) atoms. The van der Waals surface area contributed by atoms with Crippen molar-refractivity contribution in [3.63, 3.8) is 0 Å². The summed E-state index contributed by atoms with van der Waals surface area (Å²) in [6.07, 6.45) is 6.28. The first-order valence-electron chi connectivity index (χ1n) is 10.5. The highest BCUT2D eigenvalue weighted by molar-refractivity contribution is 6.02. The molecule has 0 atom stereocenters. The first-order chi connectivity index (χ1) is 16.1. The number of amides is 1. The Balaban J connectivity index is 1.68. The van der Waals surface area contributed by atoms with Crippen molar-refractivity contribution in [3.05, 3.63) is 89.5 Å². The highest BCUT2D eigenvalue weighted by atomic mass is 16.5. The van der Waals surface area contributed by atoms with Gasteiger partial charge >= 0.3 is 0 Å². The molecule has 164 valence electrons. The number of nitriles is 1. The van der Waals surface area contributed by atoms with Crippen molar-refractivity contribution in [3.8, 4) is 11.8 Å². The second-order valence-electron chi connectivity index (χ2n) is 7.53. The Morgan fingerprint density at radius 3 is 2.76 bits per heavy atom. The average Bonchev–Trinajstić information content (AvgIpc) is 3.11. The SMILES string of the molecule is Cc1cc(C)c2c(C#N)c(C=CC(=O)Nc3cccnc3)n(CCOc3ccccc3)c2n1. The van der Waals surface area contributed by atoms with E-state index >= 15 is 0 Å². The van der Waals surface area contributed by atoms with Gasteiger partial charge in [0, 0.05) is 23.4 Å². The number of benzene rings is 1. The summed E-state index contributed by atoms with van der Waals surface area (Å²) in [5.74, 6) is 0.452. The number of nitrogens with zero attached hydrogens (tertiary/aromatic N) is 4. The second-order valence-corrected chi connectivity index (χ2v) is 7.53. The summed E-state index contributed by atoms with van der Waals surface area (Å²) in [5.41, 5.74) is 4.22. The number of fused-ring (bicyclic) bond motifs is 1. The Hall–Kier alpha value is -4.44. The Morgan fingerprint density at radius 1 is 1.21 bits per heavy atom. The molecule has 0 radical (unpaired) electrons. The van der Waals surface area contributed by atoms with Crippen LogP contribution in [0.2, 0.25) is 0 Å². The fraction of sp³-hybridized carbons (Fsp3) is 0.154. The van der Waals surface area contributed by atoms with Crippen molar-refractivity contribution in [2.75, 3.05) is 11.9 Å². The number of rotatable bonds is 7. The maximum absolute atomic E-state index is 12.5. The predicted molar refractivity (Wildman–Crippen MR) is 128 cm³/mol. The zero-order valence-electron chi connectivity index (χ0n) is 18.4. The van der Waals surface area contributed by atoms with Gasteiger partial charge in [0.05, 0.1) is 29.7 Å². The van der Waals surface area contributed by atoms with E-state index in [1.165, 1.54) is 6.08 Å². The van der Waals surface area contributed by atoms with Crippen molar-refractivity contribution in [2.24, 2.45) is 0 Å².